The van der Waals surface area contributed by atoms with Gasteiger partial charge in [-0.15, -0.1) is 5.10 Å². The third-order valence-corrected chi connectivity index (χ3v) is 3.22. The molecular formula is C13H20N4. The van der Waals surface area contributed by atoms with Crippen LogP contribution in [-0.4, -0.2) is 24.1 Å². The maximum absolute atomic E-state index is 5.37. The highest BCUT2D eigenvalue weighted by atomic mass is 15.5. The molecule has 0 spiro atoms. The summed E-state index contributed by atoms with van der Waals surface area (Å²) in [5.74, 6) is 0.911. The van der Waals surface area contributed by atoms with Crippen molar-refractivity contribution in [2.45, 2.75) is 19.3 Å². The van der Waals surface area contributed by atoms with Crippen LogP contribution in [0.2, 0.25) is 0 Å². The minimum Gasteiger partial charge on any atom is -0.369 e. The van der Waals surface area contributed by atoms with Crippen LogP contribution in [0.15, 0.2) is 35.4 Å². The van der Waals surface area contributed by atoms with E-state index in [1.807, 2.05) is 5.01 Å². The van der Waals surface area contributed by atoms with Gasteiger partial charge in [-0.2, -0.15) is 0 Å². The molecule has 0 unspecified atom stereocenters. The van der Waals surface area contributed by atoms with E-state index >= 15 is 0 Å². The number of nitrogens with two attached hydrogens (primary N) is 2. The molecule has 1 aromatic carbocycles. The predicted molar refractivity (Wildman–Crippen MR) is 70.3 cm³/mol. The first kappa shape index (κ1) is 11.8. The lowest BCUT2D eigenvalue weighted by molar-refractivity contribution is 0.190. The van der Waals surface area contributed by atoms with Gasteiger partial charge in [0.1, 0.15) is 0 Å². The smallest absolute Gasteiger partial charge is 0.208 e. The monoisotopic (exact) mass is 232 g/mol. The number of rotatable bonds is 3. The molecule has 92 valence electrons. The lowest BCUT2D eigenvalue weighted by Crippen LogP contribution is -2.35. The molecule has 17 heavy (non-hydrogen) atoms. The fourth-order valence-corrected chi connectivity index (χ4v) is 2.33. The Bertz CT molecular complexity index is 362. The summed E-state index contributed by atoms with van der Waals surface area (Å²) in [7, 11) is 0. The molecule has 1 aliphatic rings. The number of hydrogen-bond donors (Lipinski definition) is 2. The average molecular weight is 232 g/mol. The van der Waals surface area contributed by atoms with Gasteiger partial charge >= 0.3 is 0 Å². The summed E-state index contributed by atoms with van der Waals surface area (Å²) in [6.45, 7) is 1.91. The highest BCUT2D eigenvalue weighted by molar-refractivity contribution is 5.75. The number of guanidine groups is 1. The van der Waals surface area contributed by atoms with Crippen LogP contribution in [0.1, 0.15) is 18.4 Å². The highest BCUT2D eigenvalue weighted by Gasteiger charge is 2.18. The Kier molecular flexibility index (Phi) is 3.85. The third-order valence-electron chi connectivity index (χ3n) is 3.22. The van der Waals surface area contributed by atoms with Crippen molar-refractivity contribution in [2.24, 2.45) is 22.5 Å². The summed E-state index contributed by atoms with van der Waals surface area (Å²) in [5, 5.41) is 6.05. The molecule has 0 atom stereocenters. The van der Waals surface area contributed by atoms with E-state index in [0.29, 0.717) is 0 Å². The molecule has 0 aliphatic carbocycles. The lowest BCUT2D eigenvalue weighted by atomic mass is 9.91. The SMILES string of the molecule is NC(N)=NN1CCC(Cc2ccccc2)CC1. The van der Waals surface area contributed by atoms with E-state index in [2.05, 4.69) is 35.4 Å². The average Bonchev–Trinajstić information content (AvgIpc) is 2.32. The maximum atomic E-state index is 5.37. The molecule has 1 aliphatic heterocycles. The first-order valence-electron chi connectivity index (χ1n) is 6.12. The van der Waals surface area contributed by atoms with Gasteiger partial charge in [0.2, 0.25) is 5.96 Å². The van der Waals surface area contributed by atoms with Crippen molar-refractivity contribution in [1.29, 1.82) is 0 Å². The van der Waals surface area contributed by atoms with Crippen molar-refractivity contribution in [1.82, 2.24) is 5.01 Å². The Morgan fingerprint density at radius 2 is 1.82 bits per heavy atom. The molecule has 0 amide bonds. The Morgan fingerprint density at radius 3 is 2.41 bits per heavy atom. The molecule has 1 aromatic rings. The Hall–Kier alpha value is -1.71. The maximum Gasteiger partial charge on any atom is 0.208 e. The standard InChI is InChI=1S/C13H20N4/c14-13(15)16-17-8-6-12(7-9-17)10-11-4-2-1-3-5-11/h1-5,12H,6-10H2,(H4,14,15,16). The molecular weight excluding hydrogens is 212 g/mol. The van der Waals surface area contributed by atoms with Gasteiger partial charge in [0.05, 0.1) is 0 Å². The predicted octanol–water partition coefficient (Wildman–Crippen LogP) is 1.13. The van der Waals surface area contributed by atoms with Crippen LogP contribution >= 0.6 is 0 Å². The van der Waals surface area contributed by atoms with Gasteiger partial charge in [-0.25, -0.2) is 0 Å². The van der Waals surface area contributed by atoms with E-state index in [-0.39, 0.29) is 5.96 Å². The molecule has 0 bridgehead atoms. The number of benzene rings is 1. The molecule has 4 heteroatoms. The van der Waals surface area contributed by atoms with E-state index in [4.69, 9.17) is 11.5 Å². The normalized spacial score (nSPS) is 16.8. The van der Waals surface area contributed by atoms with Crippen LogP contribution in [0.5, 0.6) is 0 Å². The van der Waals surface area contributed by atoms with Gasteiger partial charge in [-0.3, -0.25) is 5.01 Å². The molecule has 4 nitrogen and oxygen atoms in total. The van der Waals surface area contributed by atoms with Crippen molar-refractivity contribution >= 4 is 5.96 Å². The molecule has 1 fully saturated rings. The van der Waals surface area contributed by atoms with Gasteiger partial charge in [0, 0.05) is 13.1 Å². The van der Waals surface area contributed by atoms with Crippen molar-refractivity contribution in [3.63, 3.8) is 0 Å². The van der Waals surface area contributed by atoms with E-state index < -0.39 is 0 Å². The van der Waals surface area contributed by atoms with Crippen molar-refractivity contribution in [2.75, 3.05) is 13.1 Å². The summed E-state index contributed by atoms with van der Waals surface area (Å²) in [4.78, 5) is 0. The summed E-state index contributed by atoms with van der Waals surface area (Å²) >= 11 is 0. The van der Waals surface area contributed by atoms with E-state index in [9.17, 15) is 0 Å². The fraction of sp³-hybridized carbons (Fsp3) is 0.462. The molecule has 1 heterocycles. The zero-order chi connectivity index (χ0) is 12.1. The number of piperidine rings is 1. The second kappa shape index (κ2) is 5.57. The highest BCUT2D eigenvalue weighted by Crippen LogP contribution is 2.21. The van der Waals surface area contributed by atoms with Gasteiger partial charge < -0.3 is 11.5 Å². The van der Waals surface area contributed by atoms with Crippen LogP contribution < -0.4 is 11.5 Å². The van der Waals surface area contributed by atoms with Crippen LogP contribution in [-0.2, 0) is 6.42 Å². The van der Waals surface area contributed by atoms with Gasteiger partial charge in [-0.1, -0.05) is 30.3 Å². The zero-order valence-corrected chi connectivity index (χ0v) is 10.0. The lowest BCUT2D eigenvalue weighted by Gasteiger charge is -2.29. The van der Waals surface area contributed by atoms with Crippen molar-refractivity contribution in [3.8, 4) is 0 Å². The number of hydrazone groups is 1. The molecule has 2 rings (SSSR count). The summed E-state index contributed by atoms with van der Waals surface area (Å²) in [6, 6.07) is 10.7. The van der Waals surface area contributed by atoms with Crippen LogP contribution in [0.4, 0.5) is 0 Å². The zero-order valence-electron chi connectivity index (χ0n) is 10.0. The third kappa shape index (κ3) is 3.66. The topological polar surface area (TPSA) is 67.6 Å². The molecule has 4 N–H and O–H groups in total. The molecule has 0 radical (unpaired) electrons. The Balaban J connectivity index is 1.82. The Labute approximate surface area is 102 Å². The summed E-state index contributed by atoms with van der Waals surface area (Å²) < 4.78 is 0. The van der Waals surface area contributed by atoms with Crippen molar-refractivity contribution in [3.05, 3.63) is 35.9 Å². The van der Waals surface area contributed by atoms with Crippen LogP contribution in [0.25, 0.3) is 0 Å². The second-order valence-corrected chi connectivity index (χ2v) is 4.61. The van der Waals surface area contributed by atoms with Crippen LogP contribution in [0, 0.1) is 5.92 Å². The molecule has 1 saturated heterocycles. The van der Waals surface area contributed by atoms with Gasteiger partial charge in [0.15, 0.2) is 0 Å². The molecule has 0 aromatic heterocycles. The van der Waals surface area contributed by atoms with Gasteiger partial charge in [0.25, 0.3) is 0 Å². The van der Waals surface area contributed by atoms with Crippen LogP contribution in [0.3, 0.4) is 0 Å². The summed E-state index contributed by atoms with van der Waals surface area (Å²) in [5.41, 5.74) is 12.2. The fourth-order valence-electron chi connectivity index (χ4n) is 2.33. The Morgan fingerprint density at radius 1 is 1.18 bits per heavy atom. The van der Waals surface area contributed by atoms with Crippen molar-refractivity contribution < 1.29 is 0 Å². The quantitative estimate of drug-likeness (QED) is 0.606. The van der Waals surface area contributed by atoms with Gasteiger partial charge in [-0.05, 0) is 30.7 Å². The number of nitrogens with zero attached hydrogens (tertiary/aromatic N) is 2. The summed E-state index contributed by atoms with van der Waals surface area (Å²) in [6.07, 6.45) is 3.48. The largest absolute Gasteiger partial charge is 0.369 e. The van der Waals surface area contributed by atoms with E-state index in [1.165, 1.54) is 5.56 Å². The second-order valence-electron chi connectivity index (χ2n) is 4.61. The van der Waals surface area contributed by atoms with E-state index in [0.717, 1.165) is 38.3 Å². The number of hydrogen-bond acceptors (Lipinski definition) is 2. The first-order chi connectivity index (χ1) is 8.24. The molecule has 0 saturated carbocycles. The first-order valence-corrected chi connectivity index (χ1v) is 6.12. The van der Waals surface area contributed by atoms with E-state index in [1.54, 1.807) is 0 Å². The minimum absolute atomic E-state index is 0.159. The minimum atomic E-state index is 0.159.